The van der Waals surface area contributed by atoms with Crippen molar-refractivity contribution in [2.24, 2.45) is 10.2 Å². The van der Waals surface area contributed by atoms with E-state index in [4.69, 9.17) is 4.74 Å². The Hall–Kier alpha value is -3.54. The van der Waals surface area contributed by atoms with Crippen molar-refractivity contribution in [1.29, 1.82) is 0 Å². The molecule has 1 unspecified atom stereocenters. The van der Waals surface area contributed by atoms with E-state index in [1.165, 1.54) is 14.0 Å². The van der Waals surface area contributed by atoms with Gasteiger partial charge in [0.25, 0.3) is 15.7 Å². The molecule has 0 bridgehead atoms. The van der Waals surface area contributed by atoms with Crippen LogP contribution in [0.25, 0.3) is 0 Å². The molecule has 0 amide bonds. The number of nitrogens with zero attached hydrogens (tertiary/aromatic N) is 3. The summed E-state index contributed by atoms with van der Waals surface area (Å²) < 4.78 is 38.4. The third-order valence-electron chi connectivity index (χ3n) is 5.32. The van der Waals surface area contributed by atoms with E-state index < -0.39 is 33.4 Å². The second-order valence-corrected chi connectivity index (χ2v) is 8.95. The van der Waals surface area contributed by atoms with Crippen LogP contribution in [-0.2, 0) is 22.4 Å². The first-order valence-corrected chi connectivity index (χ1v) is 11.9. The fraction of sp³-hybridized carbons (Fsp3) is 0.261. The summed E-state index contributed by atoms with van der Waals surface area (Å²) in [4.78, 5) is 12.8. The van der Waals surface area contributed by atoms with E-state index in [-0.39, 0.29) is 29.0 Å². The summed E-state index contributed by atoms with van der Waals surface area (Å²) in [5, 5.41) is 29.1. The minimum atomic E-state index is -4.48. The number of aliphatic hydroxyl groups excluding tert-OH is 1. The molecule has 1 atom stereocenters. The van der Waals surface area contributed by atoms with Gasteiger partial charge in [0.2, 0.25) is 0 Å². The lowest BCUT2D eigenvalue weighted by Crippen LogP contribution is -2.22. The number of azo groups is 1. The molecule has 2 aromatic carbocycles. The van der Waals surface area contributed by atoms with Gasteiger partial charge in [0.15, 0.2) is 11.6 Å². The molecule has 34 heavy (non-hydrogen) atoms. The molecule has 0 fully saturated rings. The molecule has 3 N–H and O–H groups in total. The van der Waals surface area contributed by atoms with Crippen LogP contribution < -0.4 is 10.3 Å². The van der Waals surface area contributed by atoms with Crippen LogP contribution in [0.1, 0.15) is 35.3 Å². The van der Waals surface area contributed by atoms with E-state index in [2.05, 4.69) is 10.2 Å². The van der Waals surface area contributed by atoms with Crippen LogP contribution in [0.3, 0.4) is 0 Å². The monoisotopic (exact) mass is 487 g/mol. The zero-order valence-corrected chi connectivity index (χ0v) is 19.7. The Balaban J connectivity index is 2.05. The maximum absolute atomic E-state index is 12.8. The molecule has 0 saturated carbocycles. The van der Waals surface area contributed by atoms with Crippen molar-refractivity contribution in [1.82, 2.24) is 4.57 Å². The van der Waals surface area contributed by atoms with Crippen molar-refractivity contribution in [2.45, 2.75) is 32.2 Å². The number of ether oxygens (including phenoxy) is 1. The SMILES string of the molecule is CCn1c(O)c(CS(=O)(=O)O)c(C)c(N=Nc2ccc(C(O)c3ccccc3)cc2OC)c1=O. The third-order valence-corrected chi connectivity index (χ3v) is 5.97. The molecule has 3 aromatic rings. The van der Waals surface area contributed by atoms with Gasteiger partial charge < -0.3 is 14.9 Å². The molecular formula is C23H25N3O7S. The van der Waals surface area contributed by atoms with Crippen LogP contribution in [0, 0.1) is 6.92 Å². The Labute approximate surface area is 196 Å². The molecule has 0 radical (unpaired) electrons. The van der Waals surface area contributed by atoms with Crippen LogP contribution in [0.4, 0.5) is 11.4 Å². The zero-order valence-electron chi connectivity index (χ0n) is 18.8. The summed E-state index contributed by atoms with van der Waals surface area (Å²) in [6.07, 6.45) is -0.889. The lowest BCUT2D eigenvalue weighted by atomic mass is 10.0. The van der Waals surface area contributed by atoms with Gasteiger partial charge in [-0.05, 0) is 42.7 Å². The highest BCUT2D eigenvalue weighted by atomic mass is 32.2. The van der Waals surface area contributed by atoms with E-state index in [0.717, 1.165) is 4.57 Å². The number of aliphatic hydroxyl groups is 1. The van der Waals surface area contributed by atoms with E-state index in [9.17, 15) is 28.0 Å². The van der Waals surface area contributed by atoms with Crippen molar-refractivity contribution in [2.75, 3.05) is 7.11 Å². The minimum Gasteiger partial charge on any atom is -0.494 e. The Kier molecular flexibility index (Phi) is 7.50. The Bertz CT molecular complexity index is 1380. The standard InChI is InChI=1S/C23H25N3O7S/c1-4-26-22(28)17(13-34(30,31)32)14(2)20(23(26)29)25-24-18-11-10-16(12-19(18)33-3)21(27)15-8-6-5-7-9-15/h5-12,21,27-28H,4,13H2,1-3H3,(H,30,31,32). The number of hydrogen-bond donors (Lipinski definition) is 3. The predicted molar refractivity (Wildman–Crippen MR) is 126 cm³/mol. The number of benzene rings is 2. The van der Waals surface area contributed by atoms with Gasteiger partial charge in [0, 0.05) is 12.1 Å². The molecule has 1 aromatic heterocycles. The predicted octanol–water partition coefficient (Wildman–Crippen LogP) is 3.78. The largest absolute Gasteiger partial charge is 0.494 e. The van der Waals surface area contributed by atoms with E-state index in [1.54, 1.807) is 37.3 Å². The van der Waals surface area contributed by atoms with Crippen molar-refractivity contribution in [3.8, 4) is 11.6 Å². The first-order valence-electron chi connectivity index (χ1n) is 10.3. The molecule has 11 heteroatoms. The first-order chi connectivity index (χ1) is 16.1. The third kappa shape index (κ3) is 5.33. The summed E-state index contributed by atoms with van der Waals surface area (Å²) in [5.74, 6) is -1.15. The smallest absolute Gasteiger partial charge is 0.281 e. The van der Waals surface area contributed by atoms with Gasteiger partial charge in [0.05, 0.1) is 7.11 Å². The maximum atomic E-state index is 12.8. The highest BCUT2D eigenvalue weighted by Crippen LogP contribution is 2.34. The summed E-state index contributed by atoms with van der Waals surface area (Å²) >= 11 is 0. The van der Waals surface area contributed by atoms with Gasteiger partial charge in [-0.25, -0.2) is 0 Å². The molecular weight excluding hydrogens is 462 g/mol. The molecule has 0 aliphatic heterocycles. The van der Waals surface area contributed by atoms with Gasteiger partial charge >= 0.3 is 0 Å². The molecule has 3 rings (SSSR count). The van der Waals surface area contributed by atoms with Gasteiger partial charge in [-0.1, -0.05) is 36.4 Å². The minimum absolute atomic E-state index is 0.0430. The number of hydrogen-bond acceptors (Lipinski definition) is 8. The van der Waals surface area contributed by atoms with Crippen LogP contribution >= 0.6 is 0 Å². The Morgan fingerprint density at radius 3 is 2.35 bits per heavy atom. The Morgan fingerprint density at radius 1 is 1.09 bits per heavy atom. The van der Waals surface area contributed by atoms with Gasteiger partial charge in [0.1, 0.15) is 23.3 Å². The molecule has 0 aliphatic rings. The number of methoxy groups -OCH3 is 1. The van der Waals surface area contributed by atoms with Crippen LogP contribution in [0.2, 0.25) is 0 Å². The second-order valence-electron chi connectivity index (χ2n) is 7.50. The summed E-state index contributed by atoms with van der Waals surface area (Å²) in [5.41, 5.74) is 0.591. The zero-order chi connectivity index (χ0) is 25.0. The Morgan fingerprint density at radius 2 is 1.76 bits per heavy atom. The highest BCUT2D eigenvalue weighted by molar-refractivity contribution is 7.85. The fourth-order valence-corrected chi connectivity index (χ4v) is 4.21. The average molecular weight is 488 g/mol. The molecule has 10 nitrogen and oxygen atoms in total. The van der Waals surface area contributed by atoms with Crippen molar-refractivity contribution in [3.63, 3.8) is 0 Å². The highest BCUT2D eigenvalue weighted by Gasteiger charge is 2.22. The number of rotatable bonds is 8. The normalized spacial score (nSPS) is 12.7. The average Bonchev–Trinajstić information content (AvgIpc) is 2.81. The van der Waals surface area contributed by atoms with Crippen LogP contribution in [-0.4, -0.2) is 34.9 Å². The lowest BCUT2D eigenvalue weighted by Gasteiger charge is -2.15. The van der Waals surface area contributed by atoms with Gasteiger partial charge in [-0.15, -0.1) is 10.2 Å². The van der Waals surface area contributed by atoms with Crippen molar-refractivity contribution >= 4 is 21.5 Å². The van der Waals surface area contributed by atoms with Crippen molar-refractivity contribution in [3.05, 3.63) is 81.1 Å². The van der Waals surface area contributed by atoms with Gasteiger partial charge in [-0.2, -0.15) is 8.42 Å². The maximum Gasteiger partial charge on any atom is 0.281 e. The number of aromatic hydroxyl groups is 1. The molecule has 0 aliphatic carbocycles. The molecule has 1 heterocycles. The summed E-state index contributed by atoms with van der Waals surface area (Å²) in [6, 6.07) is 13.9. The van der Waals surface area contributed by atoms with Crippen LogP contribution in [0.5, 0.6) is 11.6 Å². The van der Waals surface area contributed by atoms with E-state index >= 15 is 0 Å². The van der Waals surface area contributed by atoms with E-state index in [1.807, 2.05) is 18.2 Å². The molecule has 0 spiro atoms. The molecule has 180 valence electrons. The summed E-state index contributed by atoms with van der Waals surface area (Å²) in [6.45, 7) is 3.04. The lowest BCUT2D eigenvalue weighted by molar-refractivity contribution is 0.220. The summed E-state index contributed by atoms with van der Waals surface area (Å²) in [7, 11) is -3.06. The second kappa shape index (κ2) is 10.2. The van der Waals surface area contributed by atoms with Crippen LogP contribution in [0.15, 0.2) is 63.6 Å². The molecule has 0 saturated heterocycles. The fourth-order valence-electron chi connectivity index (χ4n) is 3.50. The number of aromatic nitrogens is 1. The van der Waals surface area contributed by atoms with E-state index in [0.29, 0.717) is 16.9 Å². The van der Waals surface area contributed by atoms with Gasteiger partial charge in [-0.3, -0.25) is 13.9 Å². The quantitative estimate of drug-likeness (QED) is 0.323. The van der Waals surface area contributed by atoms with Crippen molar-refractivity contribution < 1.29 is 27.9 Å². The number of pyridine rings is 1. The first kappa shape index (κ1) is 25.1. The topological polar surface area (TPSA) is 151 Å².